The first kappa shape index (κ1) is 8.87. The Hall–Kier alpha value is -0.710. The summed E-state index contributed by atoms with van der Waals surface area (Å²) in [5.41, 5.74) is 0. The monoisotopic (exact) mass is 200 g/mol. The largest absolute Gasteiger partial charge is 0.324 e. The van der Waals surface area contributed by atoms with Gasteiger partial charge in [-0.15, -0.1) is 0 Å². The van der Waals surface area contributed by atoms with Crippen LogP contribution in [0.2, 0.25) is 0 Å². The molecule has 0 bridgehead atoms. The number of nitrogens with one attached hydrogen (secondary N) is 1. The molecule has 0 radical (unpaired) electrons. The quantitative estimate of drug-likeness (QED) is 0.652. The Morgan fingerprint density at radius 1 is 1.54 bits per heavy atom. The number of nitrogens with zero attached hydrogens (tertiary/aromatic N) is 1. The molecule has 72 valence electrons. The minimum atomic E-state index is -0.220. The molecule has 0 aromatic heterocycles. The van der Waals surface area contributed by atoms with E-state index in [9.17, 15) is 9.59 Å². The topological polar surface area (TPSA) is 49.4 Å². The number of hydrogen-bond donors (Lipinski definition) is 1. The first-order valence-electron chi connectivity index (χ1n) is 4.42. The SMILES string of the molecule is O=C1CN(CC2CCSC2)C(=O)N1. The van der Waals surface area contributed by atoms with Crippen molar-refractivity contribution in [2.45, 2.75) is 6.42 Å². The molecule has 0 aromatic carbocycles. The van der Waals surface area contributed by atoms with Crippen LogP contribution in [0.15, 0.2) is 0 Å². The second-order valence-corrected chi connectivity index (χ2v) is 4.61. The van der Waals surface area contributed by atoms with Crippen molar-refractivity contribution in [2.24, 2.45) is 5.92 Å². The van der Waals surface area contributed by atoms with Gasteiger partial charge in [-0.1, -0.05) is 0 Å². The number of rotatable bonds is 2. The first-order valence-corrected chi connectivity index (χ1v) is 5.57. The molecule has 2 fully saturated rings. The predicted octanol–water partition coefficient (Wildman–Crippen LogP) is 0.291. The number of urea groups is 1. The van der Waals surface area contributed by atoms with Gasteiger partial charge in [0.15, 0.2) is 0 Å². The van der Waals surface area contributed by atoms with E-state index in [1.807, 2.05) is 11.8 Å². The van der Waals surface area contributed by atoms with Gasteiger partial charge < -0.3 is 4.90 Å². The molecule has 13 heavy (non-hydrogen) atoms. The Bertz CT molecular complexity index is 238. The van der Waals surface area contributed by atoms with Crippen molar-refractivity contribution >= 4 is 23.7 Å². The molecule has 0 saturated carbocycles. The standard InChI is InChI=1S/C8H12N2O2S/c11-7-4-10(8(12)9-7)3-6-1-2-13-5-6/h6H,1-5H2,(H,9,11,12). The summed E-state index contributed by atoms with van der Waals surface area (Å²) >= 11 is 1.92. The van der Waals surface area contributed by atoms with Gasteiger partial charge in [-0.2, -0.15) is 11.8 Å². The van der Waals surface area contributed by atoms with E-state index in [4.69, 9.17) is 0 Å². The predicted molar refractivity (Wildman–Crippen MR) is 50.5 cm³/mol. The van der Waals surface area contributed by atoms with Crippen LogP contribution in [0.25, 0.3) is 0 Å². The molecule has 4 nitrogen and oxygen atoms in total. The summed E-state index contributed by atoms with van der Waals surface area (Å²) in [5.74, 6) is 2.73. The molecule has 0 aromatic rings. The van der Waals surface area contributed by atoms with E-state index in [1.54, 1.807) is 4.90 Å². The van der Waals surface area contributed by atoms with Gasteiger partial charge in [-0.25, -0.2) is 4.79 Å². The van der Waals surface area contributed by atoms with Gasteiger partial charge in [-0.3, -0.25) is 10.1 Å². The van der Waals surface area contributed by atoms with Crippen molar-refractivity contribution in [1.29, 1.82) is 0 Å². The third kappa shape index (κ3) is 1.96. The summed E-state index contributed by atoms with van der Waals surface area (Å²) in [6, 6.07) is -0.220. The van der Waals surface area contributed by atoms with Crippen LogP contribution in [0.5, 0.6) is 0 Å². The molecule has 2 aliphatic heterocycles. The Morgan fingerprint density at radius 2 is 2.38 bits per heavy atom. The van der Waals surface area contributed by atoms with Gasteiger partial charge in [0.25, 0.3) is 0 Å². The van der Waals surface area contributed by atoms with Crippen molar-refractivity contribution in [3.05, 3.63) is 0 Å². The molecular formula is C8H12N2O2S. The van der Waals surface area contributed by atoms with Crippen molar-refractivity contribution in [1.82, 2.24) is 10.2 Å². The van der Waals surface area contributed by atoms with Gasteiger partial charge >= 0.3 is 6.03 Å². The molecule has 0 spiro atoms. The van der Waals surface area contributed by atoms with E-state index >= 15 is 0 Å². The maximum absolute atomic E-state index is 11.2. The molecule has 5 heteroatoms. The average molecular weight is 200 g/mol. The zero-order valence-corrected chi connectivity index (χ0v) is 8.10. The number of imide groups is 1. The van der Waals surface area contributed by atoms with Gasteiger partial charge in [0.05, 0.1) is 0 Å². The third-order valence-corrected chi connectivity index (χ3v) is 3.60. The van der Waals surface area contributed by atoms with Crippen LogP contribution in [-0.2, 0) is 4.79 Å². The van der Waals surface area contributed by atoms with Gasteiger partial charge in [0.2, 0.25) is 5.91 Å². The lowest BCUT2D eigenvalue weighted by atomic mass is 10.1. The van der Waals surface area contributed by atoms with E-state index in [2.05, 4.69) is 5.32 Å². The van der Waals surface area contributed by atoms with Crippen molar-refractivity contribution in [2.75, 3.05) is 24.6 Å². The summed E-state index contributed by atoms with van der Waals surface area (Å²) in [5, 5.41) is 2.28. The number of carbonyl (C=O) groups excluding carboxylic acids is 2. The molecule has 2 saturated heterocycles. The highest BCUT2D eigenvalue weighted by molar-refractivity contribution is 7.99. The van der Waals surface area contributed by atoms with Crippen LogP contribution in [0.4, 0.5) is 4.79 Å². The lowest BCUT2D eigenvalue weighted by Gasteiger charge is -2.16. The maximum atomic E-state index is 11.2. The molecule has 1 N–H and O–H groups in total. The summed E-state index contributed by atoms with van der Waals surface area (Å²) in [6.07, 6.45) is 1.17. The zero-order valence-electron chi connectivity index (χ0n) is 7.28. The third-order valence-electron chi connectivity index (χ3n) is 2.37. The fraction of sp³-hybridized carbons (Fsp3) is 0.750. The number of hydrogen-bond acceptors (Lipinski definition) is 3. The Kier molecular flexibility index (Phi) is 2.44. The van der Waals surface area contributed by atoms with Crippen LogP contribution in [-0.4, -0.2) is 41.4 Å². The van der Waals surface area contributed by atoms with Crippen molar-refractivity contribution in [3.63, 3.8) is 0 Å². The molecule has 2 rings (SSSR count). The molecule has 1 unspecified atom stereocenters. The van der Waals surface area contributed by atoms with Crippen molar-refractivity contribution in [3.8, 4) is 0 Å². The summed E-state index contributed by atoms with van der Waals surface area (Å²) in [4.78, 5) is 23.6. The highest BCUT2D eigenvalue weighted by Gasteiger charge is 2.29. The second kappa shape index (κ2) is 3.57. The molecule has 0 aliphatic carbocycles. The lowest BCUT2D eigenvalue weighted by Crippen LogP contribution is -2.32. The molecular weight excluding hydrogens is 188 g/mol. The van der Waals surface area contributed by atoms with Gasteiger partial charge in [-0.05, 0) is 23.8 Å². The second-order valence-electron chi connectivity index (χ2n) is 3.46. The number of carbonyl (C=O) groups is 2. The smallest absolute Gasteiger partial charge is 0.315 e. The summed E-state index contributed by atoms with van der Waals surface area (Å²) in [6.45, 7) is 0.991. The normalized spacial score (nSPS) is 28.3. The van der Waals surface area contributed by atoms with Gasteiger partial charge in [0.1, 0.15) is 6.54 Å². The Balaban J connectivity index is 1.87. The van der Waals surface area contributed by atoms with Crippen LogP contribution in [0, 0.1) is 5.92 Å². The highest BCUT2D eigenvalue weighted by Crippen LogP contribution is 2.24. The van der Waals surface area contributed by atoms with E-state index in [0.29, 0.717) is 5.92 Å². The van der Waals surface area contributed by atoms with E-state index in [1.165, 1.54) is 12.2 Å². The number of thioether (sulfide) groups is 1. The molecule has 1 atom stereocenters. The summed E-state index contributed by atoms with van der Waals surface area (Å²) in [7, 11) is 0. The van der Waals surface area contributed by atoms with Gasteiger partial charge in [0, 0.05) is 6.54 Å². The Labute approximate surface area is 81.0 Å². The molecule has 2 aliphatic rings. The van der Waals surface area contributed by atoms with Crippen LogP contribution >= 0.6 is 11.8 Å². The molecule has 3 amide bonds. The minimum Gasteiger partial charge on any atom is -0.315 e. The number of amides is 3. The average Bonchev–Trinajstić information content (AvgIpc) is 2.63. The van der Waals surface area contributed by atoms with Crippen LogP contribution in [0.3, 0.4) is 0 Å². The Morgan fingerprint density at radius 3 is 2.92 bits per heavy atom. The first-order chi connectivity index (χ1) is 6.25. The lowest BCUT2D eigenvalue weighted by molar-refractivity contribution is -0.118. The fourth-order valence-electron chi connectivity index (χ4n) is 1.67. The van der Waals surface area contributed by atoms with E-state index < -0.39 is 0 Å². The van der Waals surface area contributed by atoms with E-state index in [-0.39, 0.29) is 18.5 Å². The van der Waals surface area contributed by atoms with Crippen LogP contribution in [0.1, 0.15) is 6.42 Å². The highest BCUT2D eigenvalue weighted by atomic mass is 32.2. The fourth-order valence-corrected chi connectivity index (χ4v) is 2.94. The maximum Gasteiger partial charge on any atom is 0.324 e. The van der Waals surface area contributed by atoms with E-state index in [0.717, 1.165) is 12.3 Å². The summed E-state index contributed by atoms with van der Waals surface area (Å²) < 4.78 is 0. The zero-order chi connectivity index (χ0) is 9.26. The van der Waals surface area contributed by atoms with Crippen LogP contribution < -0.4 is 5.32 Å². The van der Waals surface area contributed by atoms with Crippen molar-refractivity contribution < 1.29 is 9.59 Å². The minimum absolute atomic E-state index is 0.171. The molecule has 2 heterocycles.